The molecule has 0 aliphatic carbocycles. The SMILES string of the molecule is C[C](C)=[Zr+2].Cc1cccc2[cH-]ccc12.[Cl-].[Cl-].c1ccc(-c2cccc3[cH-]ccc23)cc1. The summed E-state index contributed by atoms with van der Waals surface area (Å²) in [7, 11) is 0. The van der Waals surface area contributed by atoms with Crippen LogP contribution in [0.2, 0.25) is 0 Å². The van der Waals surface area contributed by atoms with Crippen LogP contribution in [0.3, 0.4) is 0 Å². The number of rotatable bonds is 1. The first-order valence-corrected chi connectivity index (χ1v) is 11.1. The van der Waals surface area contributed by atoms with Crippen LogP contribution >= 0.6 is 0 Å². The maximum Gasteiger partial charge on any atom is -0.0279 e. The summed E-state index contributed by atoms with van der Waals surface area (Å²) in [6.07, 6.45) is 0. The monoisotopic (exact) mass is 522 g/mol. The third-order valence-electron chi connectivity index (χ3n) is 4.66. The summed E-state index contributed by atoms with van der Waals surface area (Å²) in [5, 5.41) is 5.38. The molecule has 0 amide bonds. The van der Waals surface area contributed by atoms with Gasteiger partial charge in [0.2, 0.25) is 0 Å². The zero-order valence-corrected chi connectivity index (χ0v) is 22.0. The molecule has 5 aromatic rings. The van der Waals surface area contributed by atoms with E-state index in [2.05, 4.69) is 124 Å². The van der Waals surface area contributed by atoms with Gasteiger partial charge in [0.15, 0.2) is 0 Å². The molecule has 0 atom stereocenters. The van der Waals surface area contributed by atoms with Gasteiger partial charge in [-0.05, 0) is 12.5 Å². The van der Waals surface area contributed by atoms with Crippen molar-refractivity contribution < 1.29 is 49.0 Å². The Bertz CT molecular complexity index is 1200. The Balaban J connectivity index is 0.000000263. The second kappa shape index (κ2) is 13.6. The number of halogens is 2. The molecule has 0 aliphatic rings. The number of hydrogen-bond acceptors (Lipinski definition) is 0. The number of benzene rings is 3. The van der Waals surface area contributed by atoms with E-state index in [0.717, 1.165) is 0 Å². The summed E-state index contributed by atoms with van der Waals surface area (Å²) >= 11 is 1.55. The molecule has 5 rings (SSSR count). The van der Waals surface area contributed by atoms with Gasteiger partial charge in [0.05, 0.1) is 0 Å². The zero-order chi connectivity index (χ0) is 20.6. The van der Waals surface area contributed by atoms with Crippen LogP contribution in [0.4, 0.5) is 0 Å². The predicted octanol–water partition coefficient (Wildman–Crippen LogP) is 1.85. The fourth-order valence-electron chi connectivity index (χ4n) is 3.36. The van der Waals surface area contributed by atoms with Crippen molar-refractivity contribution in [3.63, 3.8) is 0 Å². The quantitative estimate of drug-likeness (QED) is 0.294. The molecule has 0 N–H and O–H groups in total. The van der Waals surface area contributed by atoms with Crippen molar-refractivity contribution in [2.24, 2.45) is 0 Å². The minimum Gasteiger partial charge on any atom is -1.00 e. The van der Waals surface area contributed by atoms with E-state index in [1.165, 1.54) is 41.4 Å². The van der Waals surface area contributed by atoms with E-state index in [1.54, 1.807) is 24.2 Å². The van der Waals surface area contributed by atoms with Gasteiger partial charge in [0, 0.05) is 0 Å². The molecule has 0 saturated carbocycles. The maximum atomic E-state index is 2.18. The number of fused-ring (bicyclic) bond motifs is 2. The minimum absolute atomic E-state index is 0. The van der Waals surface area contributed by atoms with E-state index in [-0.39, 0.29) is 24.8 Å². The summed E-state index contributed by atoms with van der Waals surface area (Å²) in [5.74, 6) is 0. The zero-order valence-electron chi connectivity index (χ0n) is 18.1. The summed E-state index contributed by atoms with van der Waals surface area (Å²) in [6.45, 7) is 6.39. The molecule has 158 valence electrons. The summed E-state index contributed by atoms with van der Waals surface area (Å²) in [5.41, 5.74) is 3.97. The molecule has 0 radical (unpaired) electrons. The van der Waals surface area contributed by atoms with Crippen LogP contribution in [-0.2, 0) is 24.2 Å². The van der Waals surface area contributed by atoms with Crippen molar-refractivity contribution in [3.05, 3.63) is 109 Å². The van der Waals surface area contributed by atoms with Crippen LogP contribution < -0.4 is 24.8 Å². The van der Waals surface area contributed by atoms with E-state index in [4.69, 9.17) is 0 Å². The molecule has 0 nitrogen and oxygen atoms in total. The normalized spacial score (nSPS) is 9.45. The molecule has 0 saturated heterocycles. The smallest absolute Gasteiger partial charge is 0.0279 e. The van der Waals surface area contributed by atoms with E-state index in [1.807, 2.05) is 0 Å². The molecule has 0 unspecified atom stereocenters. The molecule has 0 aromatic heterocycles. The molecular weight excluding hydrogens is 498 g/mol. The standard InChI is InChI=1S/C15H11.C10H9.C3H6.2ClH.Zr/c1-2-6-12(7-3-1)14-10-4-8-13-9-5-11-15(13)14;1-8-4-2-5-9-6-3-7-10(8)9;1-3-2;;;/h1-11H;2-7H,1H3;1-2H3;2*1H;/q2*-1;;;;+2/p-2. The number of aryl methyl sites for hydroxylation is 1. The van der Waals surface area contributed by atoms with Gasteiger partial charge in [-0.3, -0.25) is 0 Å². The maximum absolute atomic E-state index is 2.18. The van der Waals surface area contributed by atoms with Crippen molar-refractivity contribution in [2.45, 2.75) is 20.8 Å². The minimum atomic E-state index is 0. The largest absolute Gasteiger partial charge is 1.00 e. The van der Waals surface area contributed by atoms with Crippen molar-refractivity contribution in [1.29, 1.82) is 0 Å². The van der Waals surface area contributed by atoms with Crippen molar-refractivity contribution >= 4 is 24.8 Å². The second-order valence-electron chi connectivity index (χ2n) is 7.30. The van der Waals surface area contributed by atoms with Crippen molar-refractivity contribution in [3.8, 4) is 11.1 Å². The Morgan fingerprint density at radius 1 is 0.645 bits per heavy atom. The fourth-order valence-corrected chi connectivity index (χ4v) is 3.36. The Kier molecular flexibility index (Phi) is 11.9. The molecule has 5 aromatic carbocycles. The van der Waals surface area contributed by atoms with Crippen LogP contribution in [0.1, 0.15) is 19.4 Å². The third kappa shape index (κ3) is 7.69. The molecule has 0 spiro atoms. The van der Waals surface area contributed by atoms with Gasteiger partial charge >= 0.3 is 41.3 Å². The molecule has 0 fully saturated rings. The Labute approximate surface area is 213 Å². The van der Waals surface area contributed by atoms with E-state index in [0.29, 0.717) is 0 Å². The van der Waals surface area contributed by atoms with Gasteiger partial charge in [-0.2, -0.15) is 24.3 Å². The molecular formula is C28H26Cl2Zr-2. The Hall–Kier alpha value is -1.79. The van der Waals surface area contributed by atoms with E-state index in [9.17, 15) is 0 Å². The van der Waals surface area contributed by atoms with Gasteiger partial charge in [-0.1, -0.05) is 53.6 Å². The molecule has 3 heteroatoms. The second-order valence-corrected chi connectivity index (χ2v) is 9.76. The van der Waals surface area contributed by atoms with Crippen molar-refractivity contribution in [1.82, 2.24) is 0 Å². The van der Waals surface area contributed by atoms with E-state index < -0.39 is 0 Å². The molecule has 0 heterocycles. The van der Waals surface area contributed by atoms with Crippen LogP contribution in [0, 0.1) is 6.92 Å². The summed E-state index contributed by atoms with van der Waals surface area (Å²) < 4.78 is 1.51. The van der Waals surface area contributed by atoms with Crippen molar-refractivity contribution in [2.75, 3.05) is 0 Å². The van der Waals surface area contributed by atoms with Crippen LogP contribution in [0.15, 0.2) is 103 Å². The average Bonchev–Trinajstić information content (AvgIpc) is 3.38. The topological polar surface area (TPSA) is 0 Å². The first-order valence-electron chi connectivity index (χ1n) is 9.89. The van der Waals surface area contributed by atoms with Gasteiger partial charge in [-0.15, -0.1) is 57.9 Å². The predicted molar refractivity (Wildman–Crippen MR) is 126 cm³/mol. The van der Waals surface area contributed by atoms with Gasteiger partial charge in [0.25, 0.3) is 0 Å². The van der Waals surface area contributed by atoms with Crippen LogP contribution in [0.5, 0.6) is 0 Å². The number of hydrogen-bond donors (Lipinski definition) is 0. The molecule has 31 heavy (non-hydrogen) atoms. The van der Waals surface area contributed by atoms with Gasteiger partial charge in [0.1, 0.15) is 0 Å². The fraction of sp³-hybridized carbons (Fsp3) is 0.107. The van der Waals surface area contributed by atoms with Crippen LogP contribution in [-0.4, -0.2) is 3.21 Å². The molecule has 0 bridgehead atoms. The average molecular weight is 525 g/mol. The first kappa shape index (κ1) is 27.2. The van der Waals surface area contributed by atoms with Gasteiger partial charge < -0.3 is 24.8 Å². The molecule has 0 aliphatic heterocycles. The first-order chi connectivity index (χ1) is 14.1. The summed E-state index contributed by atoms with van der Waals surface area (Å²) in [6, 6.07) is 36.2. The van der Waals surface area contributed by atoms with Crippen LogP contribution in [0.25, 0.3) is 32.7 Å². The summed E-state index contributed by atoms with van der Waals surface area (Å²) in [4.78, 5) is 0. The Morgan fingerprint density at radius 3 is 1.74 bits per heavy atom. The van der Waals surface area contributed by atoms with E-state index >= 15 is 0 Å². The van der Waals surface area contributed by atoms with Gasteiger partial charge in [-0.25, -0.2) is 0 Å². The Morgan fingerprint density at radius 2 is 1.16 bits per heavy atom. The third-order valence-corrected chi connectivity index (χ3v) is 4.66.